The molecule has 0 bridgehead atoms. The normalized spacial score (nSPS) is 26.3. The number of aliphatic hydroxyl groups is 1. The van der Waals surface area contributed by atoms with Crippen LogP contribution < -0.4 is 4.74 Å². The molecule has 1 atom stereocenters. The Kier molecular flexibility index (Phi) is 3.22. The van der Waals surface area contributed by atoms with E-state index in [9.17, 15) is 5.11 Å². The molecule has 1 unspecified atom stereocenters. The number of methoxy groups -OCH3 is 1. The summed E-state index contributed by atoms with van der Waals surface area (Å²) in [6, 6.07) is 7.76. The minimum absolute atomic E-state index is 0.655. The zero-order valence-electron chi connectivity index (χ0n) is 8.90. The summed E-state index contributed by atoms with van der Waals surface area (Å²) in [4.78, 5) is 0. The van der Waals surface area contributed by atoms with Crippen LogP contribution in [0.5, 0.6) is 5.75 Å². The molecule has 1 fully saturated rings. The summed E-state index contributed by atoms with van der Waals surface area (Å²) in [5, 5.41) is 10.5. The number of hydrogen-bond donors (Lipinski definition) is 1. The van der Waals surface area contributed by atoms with Crippen LogP contribution in [0, 0.1) is 0 Å². The van der Waals surface area contributed by atoms with E-state index in [0.717, 1.165) is 35.7 Å². The molecule has 1 aliphatic rings. The minimum Gasteiger partial charge on any atom is -0.497 e. The van der Waals surface area contributed by atoms with Crippen LogP contribution in [0.3, 0.4) is 0 Å². The molecule has 1 aliphatic heterocycles. The van der Waals surface area contributed by atoms with Crippen molar-refractivity contribution in [3.8, 4) is 5.75 Å². The van der Waals surface area contributed by atoms with E-state index in [0.29, 0.717) is 0 Å². The molecule has 1 saturated heterocycles. The van der Waals surface area contributed by atoms with Gasteiger partial charge >= 0.3 is 0 Å². The highest BCUT2D eigenvalue weighted by Gasteiger charge is 2.31. The maximum absolute atomic E-state index is 10.5. The number of rotatable bonds is 2. The van der Waals surface area contributed by atoms with Gasteiger partial charge in [-0.25, -0.2) is 0 Å². The van der Waals surface area contributed by atoms with Crippen LogP contribution in [0.15, 0.2) is 24.3 Å². The fraction of sp³-hybridized carbons (Fsp3) is 0.500. The van der Waals surface area contributed by atoms with Gasteiger partial charge in [0.15, 0.2) is 0 Å². The Balaban J connectivity index is 2.26. The lowest BCUT2D eigenvalue weighted by Gasteiger charge is -2.32. The highest BCUT2D eigenvalue weighted by atomic mass is 32.2. The van der Waals surface area contributed by atoms with Crippen LogP contribution in [0.2, 0.25) is 0 Å². The highest BCUT2D eigenvalue weighted by molar-refractivity contribution is 7.99. The second-order valence-electron chi connectivity index (χ2n) is 3.92. The van der Waals surface area contributed by atoms with E-state index in [1.54, 1.807) is 7.11 Å². The summed E-state index contributed by atoms with van der Waals surface area (Å²) in [5.74, 6) is 2.77. The van der Waals surface area contributed by atoms with E-state index < -0.39 is 5.60 Å². The predicted molar refractivity (Wildman–Crippen MR) is 63.4 cm³/mol. The Labute approximate surface area is 94.6 Å². The van der Waals surface area contributed by atoms with E-state index in [1.165, 1.54) is 0 Å². The molecule has 2 rings (SSSR count). The first kappa shape index (κ1) is 10.8. The third kappa shape index (κ3) is 2.29. The van der Waals surface area contributed by atoms with Crippen molar-refractivity contribution < 1.29 is 9.84 Å². The summed E-state index contributed by atoms with van der Waals surface area (Å²) in [7, 11) is 1.65. The summed E-state index contributed by atoms with van der Waals surface area (Å²) < 4.78 is 5.17. The van der Waals surface area contributed by atoms with Crippen molar-refractivity contribution in [1.82, 2.24) is 0 Å². The van der Waals surface area contributed by atoms with Crippen molar-refractivity contribution in [2.45, 2.75) is 18.4 Å². The van der Waals surface area contributed by atoms with Crippen LogP contribution in [0.4, 0.5) is 0 Å². The smallest absolute Gasteiger partial charge is 0.119 e. The summed E-state index contributed by atoms with van der Waals surface area (Å²) in [5.41, 5.74) is 0.325. The van der Waals surface area contributed by atoms with Gasteiger partial charge in [0.25, 0.3) is 0 Å². The monoisotopic (exact) mass is 224 g/mol. The lowest BCUT2D eigenvalue weighted by Crippen LogP contribution is -2.31. The summed E-state index contributed by atoms with van der Waals surface area (Å²) in [6.45, 7) is 0. The lowest BCUT2D eigenvalue weighted by atomic mass is 9.91. The summed E-state index contributed by atoms with van der Waals surface area (Å²) in [6.07, 6.45) is 1.94. The van der Waals surface area contributed by atoms with E-state index in [-0.39, 0.29) is 0 Å². The van der Waals surface area contributed by atoms with Gasteiger partial charge in [-0.15, -0.1) is 0 Å². The second kappa shape index (κ2) is 4.45. The lowest BCUT2D eigenvalue weighted by molar-refractivity contribution is 0.0493. The molecule has 1 aromatic rings. The molecule has 82 valence electrons. The fourth-order valence-corrected chi connectivity index (χ4v) is 3.06. The van der Waals surface area contributed by atoms with Crippen molar-refractivity contribution >= 4 is 11.8 Å². The summed E-state index contributed by atoms with van der Waals surface area (Å²) >= 11 is 1.82. The van der Waals surface area contributed by atoms with Crippen molar-refractivity contribution in [2.24, 2.45) is 0 Å². The van der Waals surface area contributed by atoms with Crippen LogP contribution >= 0.6 is 11.8 Å². The number of thioether (sulfide) groups is 1. The van der Waals surface area contributed by atoms with Gasteiger partial charge < -0.3 is 9.84 Å². The van der Waals surface area contributed by atoms with Gasteiger partial charge in [-0.05, 0) is 36.3 Å². The molecule has 0 amide bonds. The molecule has 0 saturated carbocycles. The predicted octanol–water partition coefficient (Wildman–Crippen LogP) is 2.41. The molecule has 0 aliphatic carbocycles. The average Bonchev–Trinajstić information content (AvgIpc) is 2.30. The van der Waals surface area contributed by atoms with Crippen LogP contribution in [0.1, 0.15) is 18.4 Å². The van der Waals surface area contributed by atoms with E-state index in [1.807, 2.05) is 36.0 Å². The number of benzene rings is 1. The zero-order chi connectivity index (χ0) is 10.7. The van der Waals surface area contributed by atoms with Gasteiger partial charge in [0.2, 0.25) is 0 Å². The van der Waals surface area contributed by atoms with Gasteiger partial charge in [-0.2, -0.15) is 11.8 Å². The standard InChI is InChI=1S/C12H16O2S/c1-14-11-5-2-4-10(8-11)12(13)6-3-7-15-9-12/h2,4-5,8,13H,3,6-7,9H2,1H3. The fourth-order valence-electron chi connectivity index (χ4n) is 1.92. The maximum atomic E-state index is 10.5. The third-order valence-electron chi connectivity index (χ3n) is 2.83. The van der Waals surface area contributed by atoms with Gasteiger partial charge in [0.1, 0.15) is 5.75 Å². The van der Waals surface area contributed by atoms with Crippen LogP contribution in [-0.2, 0) is 5.60 Å². The SMILES string of the molecule is COc1cccc(C2(O)CCCSC2)c1. The molecule has 0 spiro atoms. The van der Waals surface area contributed by atoms with Crippen molar-refractivity contribution in [3.05, 3.63) is 29.8 Å². The first-order valence-corrected chi connectivity index (χ1v) is 6.35. The zero-order valence-corrected chi connectivity index (χ0v) is 9.72. The third-order valence-corrected chi connectivity index (χ3v) is 4.09. The topological polar surface area (TPSA) is 29.5 Å². The molecule has 1 aromatic carbocycles. The quantitative estimate of drug-likeness (QED) is 0.836. The van der Waals surface area contributed by atoms with Gasteiger partial charge in [0, 0.05) is 5.75 Å². The van der Waals surface area contributed by atoms with Crippen molar-refractivity contribution in [2.75, 3.05) is 18.6 Å². The van der Waals surface area contributed by atoms with E-state index in [4.69, 9.17) is 4.74 Å². The highest BCUT2D eigenvalue weighted by Crippen LogP contribution is 2.36. The molecule has 0 aromatic heterocycles. The van der Waals surface area contributed by atoms with Gasteiger partial charge in [0.05, 0.1) is 12.7 Å². The Hall–Kier alpha value is -0.670. The molecular weight excluding hydrogens is 208 g/mol. The molecule has 1 N–H and O–H groups in total. The minimum atomic E-state index is -0.655. The Morgan fingerprint density at radius 1 is 1.47 bits per heavy atom. The van der Waals surface area contributed by atoms with Crippen molar-refractivity contribution in [3.63, 3.8) is 0 Å². The molecule has 2 nitrogen and oxygen atoms in total. The first-order valence-electron chi connectivity index (χ1n) is 5.19. The van der Waals surface area contributed by atoms with E-state index >= 15 is 0 Å². The second-order valence-corrected chi connectivity index (χ2v) is 5.02. The molecular formula is C12H16O2S. The maximum Gasteiger partial charge on any atom is 0.119 e. The average molecular weight is 224 g/mol. The molecule has 0 radical (unpaired) electrons. The Morgan fingerprint density at radius 2 is 2.33 bits per heavy atom. The van der Waals surface area contributed by atoms with Crippen LogP contribution in [-0.4, -0.2) is 23.7 Å². The van der Waals surface area contributed by atoms with Gasteiger partial charge in [-0.3, -0.25) is 0 Å². The largest absolute Gasteiger partial charge is 0.497 e. The molecule has 1 heterocycles. The van der Waals surface area contributed by atoms with Gasteiger partial charge in [-0.1, -0.05) is 12.1 Å². The number of hydrogen-bond acceptors (Lipinski definition) is 3. The molecule has 3 heteroatoms. The number of ether oxygens (including phenoxy) is 1. The Bertz CT molecular complexity index is 332. The van der Waals surface area contributed by atoms with Crippen molar-refractivity contribution in [1.29, 1.82) is 0 Å². The first-order chi connectivity index (χ1) is 7.24. The molecule has 15 heavy (non-hydrogen) atoms. The van der Waals surface area contributed by atoms with Crippen LogP contribution in [0.25, 0.3) is 0 Å². The van der Waals surface area contributed by atoms with E-state index in [2.05, 4.69) is 0 Å². The Morgan fingerprint density at radius 3 is 3.00 bits per heavy atom.